The molecule has 3 heterocycles. The van der Waals surface area contributed by atoms with Crippen molar-refractivity contribution in [2.24, 2.45) is 5.92 Å². The SMILES string of the molecule is C[C@H]1[C@@H](CSc2ccccn2)O[C@@H](c2ccc(-c3cccc(CNC(=O)c4cccnc4)c3)cc2)O[C@H]1c1ccc(CO)cc1. The van der Waals surface area contributed by atoms with E-state index in [4.69, 9.17) is 9.47 Å². The number of carbonyl (C=O) groups excluding carboxylic acids is 1. The Balaban J connectivity index is 1.18. The van der Waals surface area contributed by atoms with Crippen LogP contribution in [0.25, 0.3) is 11.1 Å². The molecule has 5 aromatic rings. The number of aromatic nitrogens is 2. The first-order valence-corrected chi connectivity index (χ1v) is 16.0. The van der Waals surface area contributed by atoms with Crippen molar-refractivity contribution >= 4 is 17.7 Å². The summed E-state index contributed by atoms with van der Waals surface area (Å²) in [4.78, 5) is 21.0. The van der Waals surface area contributed by atoms with E-state index in [1.54, 1.807) is 42.5 Å². The first-order valence-electron chi connectivity index (χ1n) is 15.0. The summed E-state index contributed by atoms with van der Waals surface area (Å²) in [6, 6.07) is 33.8. The molecule has 6 rings (SSSR count). The molecular formula is C37H35N3O4S. The van der Waals surface area contributed by atoms with Crippen LogP contribution < -0.4 is 5.32 Å². The molecule has 0 bridgehead atoms. The minimum absolute atomic E-state index is 0.00568. The molecular weight excluding hydrogens is 582 g/mol. The van der Waals surface area contributed by atoms with Crippen LogP contribution in [0.2, 0.25) is 0 Å². The van der Waals surface area contributed by atoms with Crippen molar-refractivity contribution in [1.82, 2.24) is 15.3 Å². The molecule has 7 nitrogen and oxygen atoms in total. The van der Waals surface area contributed by atoms with Gasteiger partial charge in [0.05, 0.1) is 29.4 Å². The van der Waals surface area contributed by atoms with Gasteiger partial charge >= 0.3 is 0 Å². The van der Waals surface area contributed by atoms with Gasteiger partial charge in [-0.3, -0.25) is 9.78 Å². The molecule has 0 unspecified atom stereocenters. The van der Waals surface area contributed by atoms with Gasteiger partial charge in [0.25, 0.3) is 5.91 Å². The molecule has 0 aliphatic carbocycles. The average molecular weight is 618 g/mol. The summed E-state index contributed by atoms with van der Waals surface area (Å²) in [6.07, 6.45) is 4.22. The topological polar surface area (TPSA) is 93.6 Å². The molecule has 3 aromatic carbocycles. The third-order valence-electron chi connectivity index (χ3n) is 7.98. The lowest BCUT2D eigenvalue weighted by Gasteiger charge is -2.41. The van der Waals surface area contributed by atoms with E-state index in [0.717, 1.165) is 44.2 Å². The predicted octanol–water partition coefficient (Wildman–Crippen LogP) is 7.15. The van der Waals surface area contributed by atoms with Gasteiger partial charge in [-0.05, 0) is 58.1 Å². The number of aliphatic hydroxyl groups is 1. The number of thioether (sulfide) groups is 1. The molecule has 45 heavy (non-hydrogen) atoms. The summed E-state index contributed by atoms with van der Waals surface area (Å²) in [5, 5.41) is 13.5. The quantitative estimate of drug-likeness (QED) is 0.161. The van der Waals surface area contributed by atoms with Crippen LogP contribution in [0.5, 0.6) is 0 Å². The minimum atomic E-state index is -0.541. The lowest BCUT2D eigenvalue weighted by Crippen LogP contribution is -2.38. The Kier molecular flexibility index (Phi) is 9.97. The standard InChI is InChI=1S/C37H35N3O4S/c1-25-33(24-45-34-9-2-3-19-39-34)43-37(44-35(25)29-12-10-26(23-41)11-13-29)30-16-14-28(15-17-30)31-7-4-6-27(20-31)21-40-36(42)32-8-5-18-38-22-32/h2-20,22,25,33,35,37,41H,21,23-24H2,1H3,(H,40,42)/t25-,33+,35+,37+/m0/s1. The molecule has 1 aliphatic heterocycles. The van der Waals surface area contributed by atoms with Crippen LogP contribution in [0.4, 0.5) is 0 Å². The number of hydrogen-bond acceptors (Lipinski definition) is 7. The van der Waals surface area contributed by atoms with Crippen molar-refractivity contribution < 1.29 is 19.4 Å². The fourth-order valence-electron chi connectivity index (χ4n) is 5.38. The van der Waals surface area contributed by atoms with Crippen LogP contribution >= 0.6 is 11.8 Å². The minimum Gasteiger partial charge on any atom is -0.392 e. The zero-order valence-electron chi connectivity index (χ0n) is 25.0. The third-order valence-corrected chi connectivity index (χ3v) is 9.01. The van der Waals surface area contributed by atoms with Gasteiger partial charge in [0.1, 0.15) is 0 Å². The van der Waals surface area contributed by atoms with Gasteiger partial charge in [0.15, 0.2) is 6.29 Å². The van der Waals surface area contributed by atoms with Crippen LogP contribution in [0.15, 0.2) is 127 Å². The van der Waals surface area contributed by atoms with Gasteiger partial charge < -0.3 is 19.9 Å². The lowest BCUT2D eigenvalue weighted by molar-refractivity contribution is -0.268. The highest BCUT2D eigenvalue weighted by Gasteiger charge is 2.38. The van der Waals surface area contributed by atoms with E-state index < -0.39 is 6.29 Å². The lowest BCUT2D eigenvalue weighted by atomic mass is 9.91. The molecule has 0 saturated carbocycles. The van der Waals surface area contributed by atoms with Gasteiger partial charge in [-0.2, -0.15) is 0 Å². The highest BCUT2D eigenvalue weighted by molar-refractivity contribution is 7.99. The summed E-state index contributed by atoms with van der Waals surface area (Å²) in [5.74, 6) is 0.683. The largest absolute Gasteiger partial charge is 0.392 e. The van der Waals surface area contributed by atoms with Crippen molar-refractivity contribution in [3.63, 3.8) is 0 Å². The van der Waals surface area contributed by atoms with Crippen LogP contribution in [-0.2, 0) is 22.6 Å². The van der Waals surface area contributed by atoms with Gasteiger partial charge in [0.2, 0.25) is 0 Å². The number of ether oxygens (including phenoxy) is 2. The van der Waals surface area contributed by atoms with E-state index in [-0.39, 0.29) is 30.6 Å². The maximum Gasteiger partial charge on any atom is 0.253 e. The molecule has 228 valence electrons. The second-order valence-corrected chi connectivity index (χ2v) is 12.1. The molecule has 4 atom stereocenters. The summed E-state index contributed by atoms with van der Waals surface area (Å²) in [7, 11) is 0. The van der Waals surface area contributed by atoms with Crippen molar-refractivity contribution in [1.29, 1.82) is 0 Å². The Morgan fingerprint density at radius 1 is 0.844 bits per heavy atom. The van der Waals surface area contributed by atoms with Crippen molar-refractivity contribution in [2.45, 2.75) is 43.6 Å². The normalized spacial score (nSPS) is 19.6. The monoisotopic (exact) mass is 617 g/mol. The predicted molar refractivity (Wildman–Crippen MR) is 175 cm³/mol. The maximum absolute atomic E-state index is 12.5. The Bertz CT molecular complexity index is 1690. The fourth-order valence-corrected chi connectivity index (χ4v) is 6.41. The van der Waals surface area contributed by atoms with E-state index in [9.17, 15) is 9.90 Å². The highest BCUT2D eigenvalue weighted by Crippen LogP contribution is 2.43. The molecule has 1 aliphatic rings. The number of nitrogens with one attached hydrogen (secondary N) is 1. The number of benzene rings is 3. The number of pyridine rings is 2. The highest BCUT2D eigenvalue weighted by atomic mass is 32.2. The molecule has 1 saturated heterocycles. The zero-order valence-corrected chi connectivity index (χ0v) is 25.8. The van der Waals surface area contributed by atoms with Crippen LogP contribution in [0.1, 0.15) is 51.9 Å². The summed E-state index contributed by atoms with van der Waals surface area (Å²) < 4.78 is 13.2. The average Bonchev–Trinajstić information content (AvgIpc) is 3.11. The second-order valence-electron chi connectivity index (χ2n) is 11.0. The van der Waals surface area contributed by atoms with E-state index in [1.807, 2.05) is 54.6 Å². The molecule has 2 aromatic heterocycles. The number of carbonyl (C=O) groups is 1. The molecule has 2 N–H and O–H groups in total. The third kappa shape index (κ3) is 7.67. The van der Waals surface area contributed by atoms with E-state index in [1.165, 1.54) is 0 Å². The smallest absolute Gasteiger partial charge is 0.253 e. The van der Waals surface area contributed by atoms with Crippen LogP contribution in [-0.4, -0.2) is 32.8 Å². The van der Waals surface area contributed by atoms with Crippen LogP contribution in [0, 0.1) is 5.92 Å². The fraction of sp³-hybridized carbons (Fsp3) is 0.216. The summed E-state index contributed by atoms with van der Waals surface area (Å²) in [6.45, 7) is 2.59. The van der Waals surface area contributed by atoms with E-state index in [0.29, 0.717) is 12.1 Å². The maximum atomic E-state index is 12.5. The van der Waals surface area contributed by atoms with Crippen molar-refractivity contribution in [3.8, 4) is 11.1 Å². The van der Waals surface area contributed by atoms with Gasteiger partial charge in [0, 0.05) is 42.4 Å². The van der Waals surface area contributed by atoms with Crippen molar-refractivity contribution in [3.05, 3.63) is 150 Å². The Hall–Kier alpha value is -4.34. The zero-order chi connectivity index (χ0) is 31.0. The summed E-state index contributed by atoms with van der Waals surface area (Å²) >= 11 is 1.68. The first-order chi connectivity index (χ1) is 22.1. The number of aliphatic hydroxyl groups excluding tert-OH is 1. The first kappa shape index (κ1) is 30.7. The number of nitrogens with zero attached hydrogens (tertiary/aromatic N) is 2. The number of hydrogen-bond donors (Lipinski definition) is 2. The van der Waals surface area contributed by atoms with Crippen LogP contribution in [0.3, 0.4) is 0 Å². The molecule has 8 heteroatoms. The van der Waals surface area contributed by atoms with E-state index in [2.05, 4.69) is 58.6 Å². The number of amides is 1. The van der Waals surface area contributed by atoms with E-state index >= 15 is 0 Å². The number of rotatable bonds is 10. The molecule has 0 spiro atoms. The Morgan fingerprint density at radius 2 is 1.67 bits per heavy atom. The molecule has 0 radical (unpaired) electrons. The second kappa shape index (κ2) is 14.6. The van der Waals surface area contributed by atoms with Gasteiger partial charge in [-0.25, -0.2) is 4.98 Å². The molecule has 1 amide bonds. The summed E-state index contributed by atoms with van der Waals surface area (Å²) in [5.41, 5.74) is 6.52. The van der Waals surface area contributed by atoms with Gasteiger partial charge in [-0.1, -0.05) is 79.7 Å². The Morgan fingerprint density at radius 3 is 2.40 bits per heavy atom. The molecule has 1 fully saturated rings. The Labute approximate surface area is 267 Å². The van der Waals surface area contributed by atoms with Crippen molar-refractivity contribution in [2.75, 3.05) is 5.75 Å². The van der Waals surface area contributed by atoms with Gasteiger partial charge in [-0.15, -0.1) is 11.8 Å².